The maximum atomic E-state index is 6.01. The maximum Gasteiger partial charge on any atom is 0.231 e. The molecule has 2 nitrogen and oxygen atoms in total. The number of hydrogen-bond donors (Lipinski definition) is 0. The minimum Gasteiger partial charge on any atom is -0.454 e. The molecule has 3 aromatic carbocycles. The molecule has 1 unspecified atom stereocenters. The predicted octanol–water partition coefficient (Wildman–Crippen LogP) is 6.66. The van der Waals surface area contributed by atoms with Crippen LogP contribution in [0.2, 0.25) is 5.02 Å². The summed E-state index contributed by atoms with van der Waals surface area (Å²) < 4.78 is 10.9. The van der Waals surface area contributed by atoms with Gasteiger partial charge in [-0.1, -0.05) is 41.8 Å². The molecule has 0 saturated carbocycles. The van der Waals surface area contributed by atoms with Crippen LogP contribution in [0.5, 0.6) is 11.5 Å². The minimum absolute atomic E-state index is 0.0307. The average molecular weight is 411 g/mol. The van der Waals surface area contributed by atoms with Crippen LogP contribution in [0.1, 0.15) is 10.8 Å². The van der Waals surface area contributed by atoms with Gasteiger partial charge >= 0.3 is 0 Å². The van der Waals surface area contributed by atoms with Gasteiger partial charge < -0.3 is 9.47 Å². The van der Waals surface area contributed by atoms with E-state index in [4.69, 9.17) is 21.1 Å². The van der Waals surface area contributed by atoms with Crippen LogP contribution in [-0.4, -0.2) is 6.79 Å². The van der Waals surface area contributed by atoms with Gasteiger partial charge in [-0.15, -0.1) is 11.8 Å². The third-order valence-corrected chi connectivity index (χ3v) is 6.02. The molecular formula is C22H15ClO2S2. The Bertz CT molecular complexity index is 979. The van der Waals surface area contributed by atoms with Crippen molar-refractivity contribution >= 4 is 35.1 Å². The molecule has 0 amide bonds. The van der Waals surface area contributed by atoms with Crippen molar-refractivity contribution in [2.24, 2.45) is 0 Å². The van der Waals surface area contributed by atoms with Crippen LogP contribution in [0.25, 0.3) is 0 Å². The summed E-state index contributed by atoms with van der Waals surface area (Å²) in [6.07, 6.45) is 0. The van der Waals surface area contributed by atoms with Gasteiger partial charge in [-0.2, -0.15) is 0 Å². The third-order valence-electron chi connectivity index (χ3n) is 3.87. The molecule has 4 rings (SSSR count). The molecule has 27 heavy (non-hydrogen) atoms. The monoisotopic (exact) mass is 410 g/mol. The lowest BCUT2D eigenvalue weighted by atomic mass is 10.1. The molecule has 0 bridgehead atoms. The standard InChI is InChI=1S/C22H15ClO2S2/c23-17-7-9-19(10-8-17)27-22(12-13-26-18-4-2-1-3-5-18)16-6-11-20-21(14-16)25-15-24-20/h1-11,14,22H,15H2. The Morgan fingerprint density at radius 3 is 2.44 bits per heavy atom. The van der Waals surface area contributed by atoms with Crippen molar-refractivity contribution in [2.75, 3.05) is 6.79 Å². The van der Waals surface area contributed by atoms with Gasteiger partial charge in [0, 0.05) is 14.8 Å². The number of benzene rings is 3. The first-order valence-electron chi connectivity index (χ1n) is 8.32. The summed E-state index contributed by atoms with van der Waals surface area (Å²) in [5.41, 5.74) is 1.08. The smallest absolute Gasteiger partial charge is 0.231 e. The van der Waals surface area contributed by atoms with E-state index in [-0.39, 0.29) is 12.0 Å². The van der Waals surface area contributed by atoms with E-state index in [1.165, 1.54) is 11.8 Å². The van der Waals surface area contributed by atoms with Gasteiger partial charge in [0.15, 0.2) is 11.5 Å². The molecule has 0 N–H and O–H groups in total. The van der Waals surface area contributed by atoms with Gasteiger partial charge in [-0.3, -0.25) is 0 Å². The fourth-order valence-corrected chi connectivity index (χ4v) is 4.29. The van der Waals surface area contributed by atoms with Crippen molar-refractivity contribution in [1.82, 2.24) is 0 Å². The molecule has 1 aliphatic heterocycles. The van der Waals surface area contributed by atoms with Crippen molar-refractivity contribution < 1.29 is 9.47 Å². The van der Waals surface area contributed by atoms with Crippen molar-refractivity contribution in [3.05, 3.63) is 83.4 Å². The molecule has 134 valence electrons. The van der Waals surface area contributed by atoms with Crippen LogP contribution >= 0.6 is 35.1 Å². The Balaban J connectivity index is 1.59. The normalized spacial score (nSPS) is 12.9. The van der Waals surface area contributed by atoms with Gasteiger partial charge in [0.2, 0.25) is 6.79 Å². The topological polar surface area (TPSA) is 18.5 Å². The van der Waals surface area contributed by atoms with E-state index in [1.54, 1.807) is 11.8 Å². The second-order valence-corrected chi connectivity index (χ2v) is 8.22. The lowest BCUT2D eigenvalue weighted by molar-refractivity contribution is 0.174. The summed E-state index contributed by atoms with van der Waals surface area (Å²) in [4.78, 5) is 2.24. The van der Waals surface area contributed by atoms with Gasteiger partial charge in [-0.05, 0) is 71.1 Å². The van der Waals surface area contributed by atoms with E-state index in [2.05, 4.69) is 23.3 Å². The molecule has 0 fully saturated rings. The Morgan fingerprint density at radius 2 is 1.63 bits per heavy atom. The molecule has 0 aliphatic carbocycles. The van der Waals surface area contributed by atoms with Crippen molar-refractivity contribution in [3.8, 4) is 22.7 Å². The number of thioether (sulfide) groups is 2. The Morgan fingerprint density at radius 1 is 0.852 bits per heavy atom. The van der Waals surface area contributed by atoms with Crippen molar-refractivity contribution in [1.29, 1.82) is 0 Å². The lowest BCUT2D eigenvalue weighted by Crippen LogP contribution is -1.93. The Hall–Kier alpha value is -2.19. The SMILES string of the molecule is Clc1ccc(SC(C#CSc2ccccc2)c2ccc3c(c2)OCO3)cc1. The fraction of sp³-hybridized carbons (Fsp3) is 0.0909. The zero-order valence-electron chi connectivity index (χ0n) is 14.2. The molecule has 1 heterocycles. The second-order valence-electron chi connectivity index (χ2n) is 5.73. The second kappa shape index (κ2) is 8.67. The van der Waals surface area contributed by atoms with E-state index < -0.39 is 0 Å². The number of rotatable bonds is 4. The zero-order chi connectivity index (χ0) is 18.5. The summed E-state index contributed by atoms with van der Waals surface area (Å²) in [6, 6.07) is 24.0. The van der Waals surface area contributed by atoms with Gasteiger partial charge in [0.25, 0.3) is 0 Å². The van der Waals surface area contributed by atoms with Crippen LogP contribution in [-0.2, 0) is 0 Å². The van der Waals surface area contributed by atoms with Crippen LogP contribution in [0, 0.1) is 11.2 Å². The molecule has 5 heteroatoms. The zero-order valence-corrected chi connectivity index (χ0v) is 16.6. The van der Waals surface area contributed by atoms with E-state index in [9.17, 15) is 0 Å². The van der Waals surface area contributed by atoms with E-state index in [1.807, 2.05) is 60.7 Å². The quantitative estimate of drug-likeness (QED) is 0.353. The maximum absolute atomic E-state index is 6.01. The first-order chi connectivity index (χ1) is 13.3. The average Bonchev–Trinajstić information content (AvgIpc) is 3.17. The number of halogens is 1. The third kappa shape index (κ3) is 4.75. The molecule has 1 aliphatic rings. The fourth-order valence-electron chi connectivity index (χ4n) is 2.54. The molecule has 0 spiro atoms. The highest BCUT2D eigenvalue weighted by atomic mass is 35.5. The number of fused-ring (bicyclic) bond motifs is 1. The number of hydrogen-bond acceptors (Lipinski definition) is 4. The van der Waals surface area contributed by atoms with Crippen molar-refractivity contribution in [2.45, 2.75) is 15.0 Å². The van der Waals surface area contributed by atoms with Gasteiger partial charge in [0.1, 0.15) is 0 Å². The van der Waals surface area contributed by atoms with E-state index >= 15 is 0 Å². The van der Waals surface area contributed by atoms with Crippen LogP contribution in [0.3, 0.4) is 0 Å². The summed E-state index contributed by atoms with van der Waals surface area (Å²) in [6.45, 7) is 0.267. The summed E-state index contributed by atoms with van der Waals surface area (Å²) in [5.74, 6) is 4.93. The summed E-state index contributed by atoms with van der Waals surface area (Å²) in [7, 11) is 0. The van der Waals surface area contributed by atoms with Crippen LogP contribution in [0.15, 0.2) is 82.6 Å². The van der Waals surface area contributed by atoms with Gasteiger partial charge in [-0.25, -0.2) is 0 Å². The van der Waals surface area contributed by atoms with Crippen molar-refractivity contribution in [3.63, 3.8) is 0 Å². The molecule has 1 atom stereocenters. The van der Waals surface area contributed by atoms with Crippen LogP contribution in [0.4, 0.5) is 0 Å². The molecule has 0 radical (unpaired) electrons. The molecule has 3 aromatic rings. The molecule has 0 aromatic heterocycles. The summed E-state index contributed by atoms with van der Waals surface area (Å²) in [5, 5.41) is 3.94. The molecule has 0 saturated heterocycles. The first kappa shape index (κ1) is 18.2. The van der Waals surface area contributed by atoms with Crippen LogP contribution < -0.4 is 9.47 Å². The minimum atomic E-state index is -0.0307. The van der Waals surface area contributed by atoms with E-state index in [0.29, 0.717) is 0 Å². The predicted molar refractivity (Wildman–Crippen MR) is 113 cm³/mol. The van der Waals surface area contributed by atoms with Gasteiger partial charge in [0.05, 0.1) is 5.25 Å². The first-order valence-corrected chi connectivity index (χ1v) is 10.4. The Labute approximate surface area is 172 Å². The summed E-state index contributed by atoms with van der Waals surface area (Å²) >= 11 is 9.23. The largest absolute Gasteiger partial charge is 0.454 e. The Kier molecular flexibility index (Phi) is 5.84. The number of ether oxygens (including phenoxy) is 2. The van der Waals surface area contributed by atoms with E-state index in [0.717, 1.165) is 31.9 Å². The lowest BCUT2D eigenvalue weighted by Gasteiger charge is -2.12. The molecular weight excluding hydrogens is 396 g/mol. The highest BCUT2D eigenvalue weighted by Gasteiger charge is 2.18. The highest BCUT2D eigenvalue weighted by Crippen LogP contribution is 2.40. The highest BCUT2D eigenvalue weighted by molar-refractivity contribution is 8.04.